The SMILES string of the molecule is CCCCSCCC(C)O. The number of aliphatic hydroxyl groups excluding tert-OH is 1. The molecule has 0 aliphatic carbocycles. The van der Waals surface area contributed by atoms with Crippen molar-refractivity contribution in [2.24, 2.45) is 0 Å². The van der Waals surface area contributed by atoms with E-state index in [1.165, 1.54) is 18.6 Å². The van der Waals surface area contributed by atoms with Crippen molar-refractivity contribution < 1.29 is 5.11 Å². The third kappa shape index (κ3) is 8.31. The van der Waals surface area contributed by atoms with Crippen molar-refractivity contribution in [1.29, 1.82) is 0 Å². The number of hydrogen-bond acceptors (Lipinski definition) is 2. The van der Waals surface area contributed by atoms with Gasteiger partial charge in [0.25, 0.3) is 0 Å². The number of hydrogen-bond donors (Lipinski definition) is 1. The Labute approximate surface area is 68.2 Å². The molecule has 1 N–H and O–H groups in total. The average Bonchev–Trinajstić information content (AvgIpc) is 1.87. The van der Waals surface area contributed by atoms with Crippen LogP contribution >= 0.6 is 11.8 Å². The lowest BCUT2D eigenvalue weighted by Crippen LogP contribution is -2.00. The summed E-state index contributed by atoms with van der Waals surface area (Å²) in [6.45, 7) is 4.05. The maximum atomic E-state index is 8.90. The Bertz CT molecular complexity index is 64.3. The topological polar surface area (TPSA) is 20.2 Å². The molecule has 0 rings (SSSR count). The van der Waals surface area contributed by atoms with Crippen LogP contribution in [0.2, 0.25) is 0 Å². The van der Waals surface area contributed by atoms with Gasteiger partial charge in [0.15, 0.2) is 0 Å². The molecular formula is C8H18OS. The maximum absolute atomic E-state index is 8.90. The lowest BCUT2D eigenvalue weighted by Gasteiger charge is -2.02. The Morgan fingerprint density at radius 1 is 1.40 bits per heavy atom. The molecule has 0 spiro atoms. The Kier molecular flexibility index (Phi) is 7.65. The molecule has 1 atom stereocenters. The molecule has 1 unspecified atom stereocenters. The molecule has 1 nitrogen and oxygen atoms in total. The van der Waals surface area contributed by atoms with Crippen LogP contribution in [0.3, 0.4) is 0 Å². The minimum Gasteiger partial charge on any atom is -0.393 e. The Balaban J connectivity index is 2.77. The van der Waals surface area contributed by atoms with Gasteiger partial charge in [0, 0.05) is 0 Å². The van der Waals surface area contributed by atoms with E-state index in [-0.39, 0.29) is 6.10 Å². The minimum atomic E-state index is -0.117. The molecular weight excluding hydrogens is 144 g/mol. The third-order valence-corrected chi connectivity index (χ3v) is 2.42. The van der Waals surface area contributed by atoms with Crippen LogP contribution in [0.25, 0.3) is 0 Å². The predicted molar refractivity (Wildman–Crippen MR) is 48.5 cm³/mol. The van der Waals surface area contributed by atoms with Crippen molar-refractivity contribution in [3.05, 3.63) is 0 Å². The Hall–Kier alpha value is 0.310. The van der Waals surface area contributed by atoms with E-state index in [9.17, 15) is 0 Å². The van der Waals surface area contributed by atoms with E-state index < -0.39 is 0 Å². The van der Waals surface area contributed by atoms with Gasteiger partial charge in [-0.1, -0.05) is 13.3 Å². The van der Waals surface area contributed by atoms with E-state index in [4.69, 9.17) is 5.11 Å². The molecule has 0 aliphatic rings. The van der Waals surface area contributed by atoms with Crippen LogP contribution in [0.4, 0.5) is 0 Å². The summed E-state index contributed by atoms with van der Waals surface area (Å²) >= 11 is 1.95. The van der Waals surface area contributed by atoms with E-state index in [0.29, 0.717) is 0 Å². The molecule has 0 aliphatic heterocycles. The van der Waals surface area contributed by atoms with Gasteiger partial charge >= 0.3 is 0 Å². The fraction of sp³-hybridized carbons (Fsp3) is 1.00. The number of unbranched alkanes of at least 4 members (excludes halogenated alkanes) is 1. The van der Waals surface area contributed by atoms with Gasteiger partial charge in [0.1, 0.15) is 0 Å². The predicted octanol–water partition coefficient (Wildman–Crippen LogP) is 2.29. The summed E-state index contributed by atoms with van der Waals surface area (Å²) in [5.41, 5.74) is 0. The molecule has 2 heteroatoms. The minimum absolute atomic E-state index is 0.117. The zero-order valence-electron chi connectivity index (χ0n) is 6.97. The maximum Gasteiger partial charge on any atom is 0.0520 e. The van der Waals surface area contributed by atoms with Crippen molar-refractivity contribution in [3.63, 3.8) is 0 Å². The molecule has 62 valence electrons. The van der Waals surface area contributed by atoms with Crippen LogP contribution in [0.5, 0.6) is 0 Å². The third-order valence-electron chi connectivity index (χ3n) is 1.32. The van der Waals surface area contributed by atoms with E-state index >= 15 is 0 Å². The van der Waals surface area contributed by atoms with Crippen molar-refractivity contribution in [2.45, 2.75) is 39.2 Å². The molecule has 0 radical (unpaired) electrons. The van der Waals surface area contributed by atoms with Crippen molar-refractivity contribution in [2.75, 3.05) is 11.5 Å². The molecule has 0 fully saturated rings. The zero-order valence-corrected chi connectivity index (χ0v) is 7.78. The summed E-state index contributed by atoms with van der Waals surface area (Å²) in [4.78, 5) is 0. The molecule has 0 saturated heterocycles. The molecule has 0 amide bonds. The Morgan fingerprint density at radius 3 is 2.60 bits per heavy atom. The smallest absolute Gasteiger partial charge is 0.0520 e. The lowest BCUT2D eigenvalue weighted by molar-refractivity contribution is 0.192. The van der Waals surface area contributed by atoms with Crippen LogP contribution in [-0.2, 0) is 0 Å². The molecule has 0 aromatic rings. The largest absolute Gasteiger partial charge is 0.393 e. The summed E-state index contributed by atoms with van der Waals surface area (Å²) < 4.78 is 0. The van der Waals surface area contributed by atoms with Crippen molar-refractivity contribution in [1.82, 2.24) is 0 Å². The molecule has 0 saturated carbocycles. The summed E-state index contributed by atoms with van der Waals surface area (Å²) in [6, 6.07) is 0. The molecule has 0 aromatic carbocycles. The van der Waals surface area contributed by atoms with Crippen LogP contribution in [0.15, 0.2) is 0 Å². The summed E-state index contributed by atoms with van der Waals surface area (Å²) in [7, 11) is 0. The normalized spacial score (nSPS) is 13.5. The second-order valence-corrected chi connectivity index (χ2v) is 3.83. The summed E-state index contributed by atoms with van der Waals surface area (Å²) in [5.74, 6) is 2.36. The summed E-state index contributed by atoms with van der Waals surface area (Å²) in [6.07, 6.45) is 3.41. The number of thioether (sulfide) groups is 1. The van der Waals surface area contributed by atoms with Crippen molar-refractivity contribution >= 4 is 11.8 Å². The molecule has 0 bridgehead atoms. The first-order valence-electron chi connectivity index (χ1n) is 4.03. The van der Waals surface area contributed by atoms with E-state index in [1.807, 2.05) is 18.7 Å². The van der Waals surface area contributed by atoms with Gasteiger partial charge in [-0.2, -0.15) is 11.8 Å². The first-order valence-corrected chi connectivity index (χ1v) is 5.18. The van der Waals surface area contributed by atoms with Gasteiger partial charge in [0.2, 0.25) is 0 Å². The van der Waals surface area contributed by atoms with Crippen LogP contribution in [-0.4, -0.2) is 22.7 Å². The van der Waals surface area contributed by atoms with Gasteiger partial charge < -0.3 is 5.11 Å². The highest BCUT2D eigenvalue weighted by molar-refractivity contribution is 7.99. The molecule has 0 heterocycles. The standard InChI is InChI=1S/C8H18OS/c1-3-4-6-10-7-5-8(2)9/h8-9H,3-7H2,1-2H3. The lowest BCUT2D eigenvalue weighted by atomic mass is 10.3. The fourth-order valence-corrected chi connectivity index (χ4v) is 1.81. The van der Waals surface area contributed by atoms with Gasteiger partial charge in [-0.15, -0.1) is 0 Å². The van der Waals surface area contributed by atoms with Gasteiger partial charge in [-0.05, 0) is 31.3 Å². The monoisotopic (exact) mass is 162 g/mol. The quantitative estimate of drug-likeness (QED) is 0.605. The number of rotatable bonds is 6. The highest BCUT2D eigenvalue weighted by Gasteiger charge is 1.94. The first kappa shape index (κ1) is 10.3. The second-order valence-electron chi connectivity index (χ2n) is 2.60. The second kappa shape index (κ2) is 7.42. The average molecular weight is 162 g/mol. The molecule has 10 heavy (non-hydrogen) atoms. The van der Waals surface area contributed by atoms with E-state index in [0.717, 1.165) is 12.2 Å². The van der Waals surface area contributed by atoms with Crippen molar-refractivity contribution in [3.8, 4) is 0 Å². The Morgan fingerprint density at radius 2 is 2.10 bits per heavy atom. The summed E-state index contributed by atoms with van der Waals surface area (Å²) in [5, 5.41) is 8.90. The first-order chi connectivity index (χ1) is 4.77. The van der Waals surface area contributed by atoms with E-state index in [2.05, 4.69) is 6.92 Å². The van der Waals surface area contributed by atoms with Crippen LogP contribution in [0, 0.1) is 0 Å². The van der Waals surface area contributed by atoms with Gasteiger partial charge in [0.05, 0.1) is 6.10 Å². The molecule has 0 aromatic heterocycles. The van der Waals surface area contributed by atoms with E-state index in [1.54, 1.807) is 0 Å². The highest BCUT2D eigenvalue weighted by Crippen LogP contribution is 2.07. The van der Waals surface area contributed by atoms with Gasteiger partial charge in [-0.25, -0.2) is 0 Å². The zero-order chi connectivity index (χ0) is 7.82. The van der Waals surface area contributed by atoms with Crippen LogP contribution in [0.1, 0.15) is 33.1 Å². The fourth-order valence-electron chi connectivity index (χ4n) is 0.602. The number of aliphatic hydroxyl groups is 1. The van der Waals surface area contributed by atoms with Crippen LogP contribution < -0.4 is 0 Å². The highest BCUT2D eigenvalue weighted by atomic mass is 32.2. The van der Waals surface area contributed by atoms with Gasteiger partial charge in [-0.3, -0.25) is 0 Å².